The maximum atomic E-state index is 11.3. The van der Waals surface area contributed by atoms with Crippen molar-refractivity contribution < 1.29 is 15.0 Å². The second kappa shape index (κ2) is 6.74. The van der Waals surface area contributed by atoms with E-state index in [1.54, 1.807) is 24.3 Å². The van der Waals surface area contributed by atoms with Gasteiger partial charge in [0.1, 0.15) is 11.5 Å². The molecule has 0 aromatic carbocycles. The van der Waals surface area contributed by atoms with Gasteiger partial charge in [0.05, 0.1) is 0 Å². The summed E-state index contributed by atoms with van der Waals surface area (Å²) in [6, 6.07) is 0. The van der Waals surface area contributed by atoms with E-state index in [4.69, 9.17) is 0 Å². The molecule has 1 rings (SSSR count). The predicted octanol–water partition coefficient (Wildman–Crippen LogP) is 3.15. The van der Waals surface area contributed by atoms with Crippen LogP contribution in [-0.2, 0) is 4.79 Å². The van der Waals surface area contributed by atoms with Crippen LogP contribution in [0, 0.1) is 11.8 Å². The van der Waals surface area contributed by atoms with E-state index in [0.29, 0.717) is 0 Å². The molecular formula is C15H24O3. The normalized spacial score (nSPS) is 28.3. The molecule has 0 aromatic heterocycles. The van der Waals surface area contributed by atoms with Crippen LogP contribution < -0.4 is 0 Å². The Hall–Kier alpha value is -1.09. The lowest BCUT2D eigenvalue weighted by Crippen LogP contribution is -2.47. The largest absolute Gasteiger partial charge is 0.481 e. The van der Waals surface area contributed by atoms with Gasteiger partial charge < -0.3 is 10.2 Å². The van der Waals surface area contributed by atoms with Gasteiger partial charge in [-0.3, -0.25) is 4.79 Å². The van der Waals surface area contributed by atoms with Crippen LogP contribution in [-0.4, -0.2) is 21.8 Å². The maximum absolute atomic E-state index is 11.3. The fourth-order valence-corrected chi connectivity index (χ4v) is 2.72. The van der Waals surface area contributed by atoms with E-state index < -0.39 is 17.5 Å². The van der Waals surface area contributed by atoms with Gasteiger partial charge in [-0.1, -0.05) is 63.8 Å². The molecule has 0 saturated carbocycles. The fraction of sp³-hybridized carbons (Fsp3) is 0.667. The second-order valence-corrected chi connectivity index (χ2v) is 5.05. The van der Waals surface area contributed by atoms with Gasteiger partial charge in [-0.15, -0.1) is 0 Å². The van der Waals surface area contributed by atoms with Crippen molar-refractivity contribution in [3.8, 4) is 0 Å². The molecule has 0 aromatic rings. The zero-order valence-electron chi connectivity index (χ0n) is 11.3. The first-order valence-electron chi connectivity index (χ1n) is 6.87. The molecule has 18 heavy (non-hydrogen) atoms. The third-order valence-electron chi connectivity index (χ3n) is 3.85. The van der Waals surface area contributed by atoms with Crippen LogP contribution in [0.1, 0.15) is 46.0 Å². The number of aliphatic hydroxyl groups is 1. The number of allylic oxidation sites excluding steroid dienone is 2. The summed E-state index contributed by atoms with van der Waals surface area (Å²) in [4.78, 5) is 11.3. The zero-order valence-corrected chi connectivity index (χ0v) is 11.3. The molecule has 3 heteroatoms. The standard InChI is InChI=1S/C15H24O3/c1-3-5-6-9-12(4-2)15(18)11-8-7-10-13(15)14(16)17/h7-8,10-13,18H,3-6,9H2,1-2H3,(H,16,17). The van der Waals surface area contributed by atoms with E-state index in [9.17, 15) is 15.0 Å². The van der Waals surface area contributed by atoms with Crippen LogP contribution in [0.15, 0.2) is 24.3 Å². The fourth-order valence-electron chi connectivity index (χ4n) is 2.72. The molecule has 2 N–H and O–H groups in total. The van der Waals surface area contributed by atoms with E-state index in [2.05, 4.69) is 6.92 Å². The van der Waals surface area contributed by atoms with E-state index in [1.807, 2.05) is 6.92 Å². The van der Waals surface area contributed by atoms with Crippen molar-refractivity contribution in [3.63, 3.8) is 0 Å². The van der Waals surface area contributed by atoms with Crippen LogP contribution in [0.25, 0.3) is 0 Å². The summed E-state index contributed by atoms with van der Waals surface area (Å²) >= 11 is 0. The van der Waals surface area contributed by atoms with Crippen molar-refractivity contribution in [2.45, 2.75) is 51.6 Å². The van der Waals surface area contributed by atoms with Crippen LogP contribution in [0.3, 0.4) is 0 Å². The molecule has 0 fully saturated rings. The van der Waals surface area contributed by atoms with Gasteiger partial charge in [0.2, 0.25) is 0 Å². The summed E-state index contributed by atoms with van der Waals surface area (Å²) in [6.45, 7) is 4.15. The highest BCUT2D eigenvalue weighted by Gasteiger charge is 2.44. The zero-order chi connectivity index (χ0) is 13.6. The molecule has 0 heterocycles. The Kier molecular flexibility index (Phi) is 5.60. The molecule has 1 aliphatic carbocycles. The molecule has 1 aliphatic rings. The minimum Gasteiger partial charge on any atom is -0.481 e. The Labute approximate surface area is 109 Å². The van der Waals surface area contributed by atoms with Gasteiger partial charge >= 0.3 is 5.97 Å². The average Bonchev–Trinajstić information content (AvgIpc) is 2.34. The van der Waals surface area contributed by atoms with E-state index in [0.717, 1.165) is 32.1 Å². The highest BCUT2D eigenvalue weighted by Crippen LogP contribution is 2.37. The molecule has 0 amide bonds. The number of carboxylic acid groups (broad SMARTS) is 1. The van der Waals surface area contributed by atoms with Crippen LogP contribution in [0.4, 0.5) is 0 Å². The minimum absolute atomic E-state index is 0.00588. The van der Waals surface area contributed by atoms with E-state index in [1.165, 1.54) is 0 Å². The van der Waals surface area contributed by atoms with E-state index in [-0.39, 0.29) is 5.92 Å². The summed E-state index contributed by atoms with van der Waals surface area (Å²) in [5.74, 6) is -1.77. The SMILES string of the molecule is CCCCCC(CC)C1(O)C=CC=CC1C(=O)O. The number of unbranched alkanes of at least 4 members (excludes halogenated alkanes) is 2. The highest BCUT2D eigenvalue weighted by atomic mass is 16.4. The molecule has 0 saturated heterocycles. The first kappa shape index (κ1) is 15.0. The topological polar surface area (TPSA) is 57.5 Å². The summed E-state index contributed by atoms with van der Waals surface area (Å²) in [5.41, 5.74) is -1.23. The molecule has 0 spiro atoms. The number of carbonyl (C=O) groups is 1. The van der Waals surface area contributed by atoms with E-state index >= 15 is 0 Å². The Balaban J connectivity index is 2.82. The summed E-state index contributed by atoms with van der Waals surface area (Å²) in [7, 11) is 0. The predicted molar refractivity (Wildman–Crippen MR) is 72.3 cm³/mol. The van der Waals surface area contributed by atoms with Gasteiger partial charge in [0, 0.05) is 0 Å². The lowest BCUT2D eigenvalue weighted by Gasteiger charge is -2.38. The lowest BCUT2D eigenvalue weighted by atomic mass is 9.71. The first-order chi connectivity index (χ1) is 8.56. The smallest absolute Gasteiger partial charge is 0.313 e. The molecule has 3 nitrogen and oxygen atoms in total. The Morgan fingerprint density at radius 1 is 1.33 bits per heavy atom. The molecule has 3 unspecified atom stereocenters. The average molecular weight is 252 g/mol. The van der Waals surface area contributed by atoms with Crippen LogP contribution >= 0.6 is 0 Å². The maximum Gasteiger partial charge on any atom is 0.313 e. The minimum atomic E-state index is -1.23. The van der Waals surface area contributed by atoms with Crippen molar-refractivity contribution in [1.82, 2.24) is 0 Å². The summed E-state index contributed by atoms with van der Waals surface area (Å²) < 4.78 is 0. The molecule has 0 aliphatic heterocycles. The van der Waals surface area contributed by atoms with Gasteiger partial charge in [0.25, 0.3) is 0 Å². The number of aliphatic carboxylic acids is 1. The highest BCUT2D eigenvalue weighted by molar-refractivity contribution is 5.75. The van der Waals surface area contributed by atoms with Gasteiger partial charge in [0.15, 0.2) is 0 Å². The first-order valence-corrected chi connectivity index (χ1v) is 6.87. The van der Waals surface area contributed by atoms with Crippen molar-refractivity contribution in [2.75, 3.05) is 0 Å². The Morgan fingerprint density at radius 3 is 2.61 bits per heavy atom. The molecule has 3 atom stereocenters. The summed E-state index contributed by atoms with van der Waals surface area (Å²) in [5, 5.41) is 20.0. The summed E-state index contributed by atoms with van der Waals surface area (Å²) in [6.07, 6.45) is 11.7. The number of hydrogen-bond acceptors (Lipinski definition) is 2. The van der Waals surface area contributed by atoms with Gasteiger partial charge in [-0.05, 0) is 12.3 Å². The molecule has 102 valence electrons. The monoisotopic (exact) mass is 252 g/mol. The van der Waals surface area contributed by atoms with Crippen molar-refractivity contribution in [2.24, 2.45) is 11.8 Å². The number of carboxylic acids is 1. The Morgan fingerprint density at radius 2 is 2.06 bits per heavy atom. The number of hydrogen-bond donors (Lipinski definition) is 2. The van der Waals surface area contributed by atoms with Crippen LogP contribution in [0.5, 0.6) is 0 Å². The third-order valence-corrected chi connectivity index (χ3v) is 3.85. The molecule has 0 bridgehead atoms. The van der Waals surface area contributed by atoms with Crippen molar-refractivity contribution >= 4 is 5.97 Å². The van der Waals surface area contributed by atoms with Gasteiger partial charge in [-0.25, -0.2) is 0 Å². The number of rotatable bonds is 7. The van der Waals surface area contributed by atoms with Crippen molar-refractivity contribution in [1.29, 1.82) is 0 Å². The quantitative estimate of drug-likeness (QED) is 0.684. The lowest BCUT2D eigenvalue weighted by molar-refractivity contribution is -0.149. The second-order valence-electron chi connectivity index (χ2n) is 5.05. The van der Waals surface area contributed by atoms with Crippen molar-refractivity contribution in [3.05, 3.63) is 24.3 Å². The molecular weight excluding hydrogens is 228 g/mol. The van der Waals surface area contributed by atoms with Crippen LogP contribution in [0.2, 0.25) is 0 Å². The Bertz CT molecular complexity index is 333. The van der Waals surface area contributed by atoms with Gasteiger partial charge in [-0.2, -0.15) is 0 Å². The third kappa shape index (κ3) is 3.22. The molecule has 0 radical (unpaired) electrons.